The predicted octanol–water partition coefficient (Wildman–Crippen LogP) is -0.822. The Balaban J connectivity index is 2.93. The number of carbonyl (C=O) groups excluding carboxylic acids is 1. The fourth-order valence-electron chi connectivity index (χ4n) is 1.29. The fourth-order valence-corrected chi connectivity index (χ4v) is 2.54. The molecule has 0 bridgehead atoms. The van der Waals surface area contributed by atoms with Gasteiger partial charge in [0.05, 0.1) is 6.04 Å². The number of rotatable bonds is 5. The van der Waals surface area contributed by atoms with E-state index in [1.54, 1.807) is 6.92 Å². The minimum atomic E-state index is -4.01. The van der Waals surface area contributed by atoms with Crippen LogP contribution in [0, 0.1) is 0 Å². The van der Waals surface area contributed by atoms with Crippen molar-refractivity contribution in [1.82, 2.24) is 15.0 Å². The Labute approximate surface area is 105 Å². The molecule has 1 amide bonds. The summed E-state index contributed by atoms with van der Waals surface area (Å²) in [5, 5.41) is 2.48. The number of H-pyrrole nitrogens is 1. The van der Waals surface area contributed by atoms with Crippen LogP contribution in [-0.4, -0.2) is 31.9 Å². The van der Waals surface area contributed by atoms with Crippen molar-refractivity contribution in [2.75, 3.05) is 6.54 Å². The Bertz CT molecular complexity index is 579. The van der Waals surface area contributed by atoms with Gasteiger partial charge in [-0.3, -0.25) is 9.59 Å². The van der Waals surface area contributed by atoms with Gasteiger partial charge in [-0.1, -0.05) is 0 Å². The van der Waals surface area contributed by atoms with Crippen molar-refractivity contribution in [3.8, 4) is 0 Å². The van der Waals surface area contributed by atoms with Crippen LogP contribution < -0.4 is 15.5 Å². The van der Waals surface area contributed by atoms with E-state index in [2.05, 4.69) is 15.0 Å². The first kappa shape index (κ1) is 14.4. The number of carbonyl (C=O) groups is 1. The molecule has 0 fully saturated rings. The Hall–Kier alpha value is -1.67. The smallest absolute Gasteiger partial charge is 0.246 e. The van der Waals surface area contributed by atoms with Gasteiger partial charge in [0.1, 0.15) is 4.90 Å². The number of aromatic amines is 1. The van der Waals surface area contributed by atoms with Gasteiger partial charge in [0.25, 0.3) is 0 Å². The number of aromatic nitrogens is 1. The minimum absolute atomic E-state index is 0.400. The summed E-state index contributed by atoms with van der Waals surface area (Å²) in [5.41, 5.74) is -0.635. The molecule has 1 unspecified atom stereocenters. The Morgan fingerprint density at radius 2 is 2.17 bits per heavy atom. The van der Waals surface area contributed by atoms with Crippen LogP contribution in [0.2, 0.25) is 0 Å². The van der Waals surface area contributed by atoms with E-state index >= 15 is 0 Å². The van der Waals surface area contributed by atoms with Gasteiger partial charge in [-0.05, 0) is 13.8 Å². The van der Waals surface area contributed by atoms with Crippen LogP contribution >= 0.6 is 0 Å². The van der Waals surface area contributed by atoms with Crippen molar-refractivity contribution in [2.24, 2.45) is 0 Å². The monoisotopic (exact) mass is 273 g/mol. The molecule has 1 atom stereocenters. The van der Waals surface area contributed by atoms with Crippen LogP contribution in [0.5, 0.6) is 0 Å². The first-order chi connectivity index (χ1) is 8.38. The lowest BCUT2D eigenvalue weighted by atomic mass is 10.3. The van der Waals surface area contributed by atoms with E-state index in [0.29, 0.717) is 6.54 Å². The van der Waals surface area contributed by atoms with Gasteiger partial charge in [-0.15, -0.1) is 0 Å². The number of likely N-dealkylation sites (N-methyl/N-ethyl adjacent to an activating group) is 1. The molecule has 0 aliphatic rings. The molecular weight excluding hydrogens is 258 g/mol. The number of hydrogen-bond acceptors (Lipinski definition) is 4. The van der Waals surface area contributed by atoms with Crippen LogP contribution in [-0.2, 0) is 14.8 Å². The summed E-state index contributed by atoms with van der Waals surface area (Å²) in [6, 6.07) is 0.153. The van der Waals surface area contributed by atoms with Gasteiger partial charge in [-0.2, -0.15) is 4.72 Å². The molecule has 0 spiro atoms. The maximum absolute atomic E-state index is 11.9. The molecule has 0 aliphatic heterocycles. The van der Waals surface area contributed by atoms with Crippen molar-refractivity contribution in [3.63, 3.8) is 0 Å². The molecule has 100 valence electrons. The predicted molar refractivity (Wildman–Crippen MR) is 65.5 cm³/mol. The Morgan fingerprint density at radius 1 is 1.50 bits per heavy atom. The largest absolute Gasteiger partial charge is 0.366 e. The molecule has 1 rings (SSSR count). The summed E-state index contributed by atoms with van der Waals surface area (Å²) >= 11 is 0. The maximum Gasteiger partial charge on any atom is 0.246 e. The summed E-state index contributed by atoms with van der Waals surface area (Å²) in [6.45, 7) is 3.53. The fraction of sp³-hybridized carbons (Fsp3) is 0.400. The highest BCUT2D eigenvalue weighted by atomic mass is 32.2. The molecule has 0 aliphatic carbocycles. The highest BCUT2D eigenvalue weighted by molar-refractivity contribution is 7.89. The molecule has 0 saturated carbocycles. The van der Waals surface area contributed by atoms with E-state index in [9.17, 15) is 18.0 Å². The Kier molecular flexibility index (Phi) is 4.62. The third-order valence-electron chi connectivity index (χ3n) is 2.15. The lowest BCUT2D eigenvalue weighted by Crippen LogP contribution is -2.45. The van der Waals surface area contributed by atoms with Crippen LogP contribution in [0.3, 0.4) is 0 Å². The SMILES string of the molecule is CCNC(=O)C(C)NS(=O)(=O)c1c[nH]ccc1=O. The molecule has 0 saturated heterocycles. The van der Waals surface area contributed by atoms with Crippen molar-refractivity contribution in [1.29, 1.82) is 0 Å². The van der Waals surface area contributed by atoms with Gasteiger partial charge in [0, 0.05) is 25.0 Å². The topological polar surface area (TPSA) is 108 Å². The normalized spacial score (nSPS) is 13.0. The third kappa shape index (κ3) is 3.41. The number of nitrogens with one attached hydrogen (secondary N) is 3. The van der Waals surface area contributed by atoms with E-state index in [-0.39, 0.29) is 0 Å². The summed E-state index contributed by atoms with van der Waals surface area (Å²) in [5.74, 6) is -0.451. The van der Waals surface area contributed by atoms with E-state index in [0.717, 1.165) is 12.3 Å². The van der Waals surface area contributed by atoms with Crippen LogP contribution in [0.25, 0.3) is 0 Å². The second-order valence-corrected chi connectivity index (χ2v) is 5.29. The summed E-state index contributed by atoms with van der Waals surface area (Å²) in [7, 11) is -4.01. The average molecular weight is 273 g/mol. The number of pyridine rings is 1. The lowest BCUT2D eigenvalue weighted by molar-refractivity contribution is -0.122. The van der Waals surface area contributed by atoms with E-state index in [1.807, 2.05) is 0 Å². The second kappa shape index (κ2) is 5.78. The molecular formula is C10H15N3O4S. The summed E-state index contributed by atoms with van der Waals surface area (Å²) < 4.78 is 25.9. The van der Waals surface area contributed by atoms with Crippen molar-refractivity contribution in [2.45, 2.75) is 24.8 Å². The van der Waals surface area contributed by atoms with E-state index < -0.39 is 32.3 Å². The molecule has 1 heterocycles. The summed E-state index contributed by atoms with van der Waals surface area (Å²) in [6.07, 6.45) is 2.41. The highest BCUT2D eigenvalue weighted by Gasteiger charge is 2.23. The average Bonchev–Trinajstić information content (AvgIpc) is 2.29. The molecule has 7 nitrogen and oxygen atoms in total. The molecule has 0 aromatic carbocycles. The molecule has 3 N–H and O–H groups in total. The van der Waals surface area contributed by atoms with Gasteiger partial charge in [0.15, 0.2) is 0 Å². The van der Waals surface area contributed by atoms with E-state index in [1.165, 1.54) is 13.1 Å². The van der Waals surface area contributed by atoms with Gasteiger partial charge in [-0.25, -0.2) is 8.42 Å². The Morgan fingerprint density at radius 3 is 2.72 bits per heavy atom. The number of sulfonamides is 1. The zero-order chi connectivity index (χ0) is 13.8. The number of amides is 1. The zero-order valence-corrected chi connectivity index (χ0v) is 10.9. The molecule has 18 heavy (non-hydrogen) atoms. The molecule has 1 aromatic rings. The highest BCUT2D eigenvalue weighted by Crippen LogP contribution is 2.01. The maximum atomic E-state index is 11.9. The van der Waals surface area contributed by atoms with Crippen LogP contribution in [0.1, 0.15) is 13.8 Å². The zero-order valence-electron chi connectivity index (χ0n) is 10.1. The minimum Gasteiger partial charge on any atom is -0.366 e. The lowest BCUT2D eigenvalue weighted by Gasteiger charge is -2.13. The standard InChI is InChI=1S/C10H15N3O4S/c1-3-12-10(15)7(2)13-18(16,17)9-6-11-5-4-8(9)14/h4-7,13H,3H2,1-2H3,(H,11,14)(H,12,15). The van der Waals surface area contributed by atoms with Crippen molar-refractivity contribution < 1.29 is 13.2 Å². The molecule has 8 heteroatoms. The van der Waals surface area contributed by atoms with Crippen molar-refractivity contribution in [3.05, 3.63) is 28.7 Å². The third-order valence-corrected chi connectivity index (χ3v) is 3.72. The van der Waals surface area contributed by atoms with Crippen molar-refractivity contribution >= 4 is 15.9 Å². The van der Waals surface area contributed by atoms with Gasteiger partial charge < -0.3 is 10.3 Å². The second-order valence-electron chi connectivity index (χ2n) is 3.61. The number of hydrogen-bond donors (Lipinski definition) is 3. The molecule has 0 radical (unpaired) electrons. The van der Waals surface area contributed by atoms with Crippen LogP contribution in [0.4, 0.5) is 0 Å². The van der Waals surface area contributed by atoms with Gasteiger partial charge >= 0.3 is 0 Å². The first-order valence-electron chi connectivity index (χ1n) is 5.35. The van der Waals surface area contributed by atoms with Crippen LogP contribution in [0.15, 0.2) is 28.2 Å². The van der Waals surface area contributed by atoms with E-state index in [4.69, 9.17) is 0 Å². The quantitative estimate of drug-likeness (QED) is 0.651. The van der Waals surface area contributed by atoms with Gasteiger partial charge in [0.2, 0.25) is 21.4 Å². The summed E-state index contributed by atoms with van der Waals surface area (Å²) in [4.78, 5) is 24.9. The molecule has 1 aromatic heterocycles. The first-order valence-corrected chi connectivity index (χ1v) is 6.84.